The third kappa shape index (κ3) is 2.81. The number of nitriles is 1. The van der Waals surface area contributed by atoms with Crippen LogP contribution in [0.25, 0.3) is 0 Å². The van der Waals surface area contributed by atoms with E-state index in [1.165, 1.54) is 6.07 Å². The molecule has 0 radical (unpaired) electrons. The van der Waals surface area contributed by atoms with Crippen molar-refractivity contribution in [3.05, 3.63) is 35.4 Å². The molecule has 1 unspecified atom stereocenters. The van der Waals surface area contributed by atoms with E-state index in [0.717, 1.165) is 12.1 Å². The monoisotopic (exact) mass is 271 g/mol. The van der Waals surface area contributed by atoms with Gasteiger partial charge in [-0.15, -0.1) is 11.6 Å². The lowest BCUT2D eigenvalue weighted by molar-refractivity contribution is 0.363. The summed E-state index contributed by atoms with van der Waals surface area (Å²) in [7, 11) is 0. The summed E-state index contributed by atoms with van der Waals surface area (Å²) in [5.41, 5.74) is -0.298. The first-order valence-electron chi connectivity index (χ1n) is 5.90. The van der Waals surface area contributed by atoms with Gasteiger partial charge in [0.25, 0.3) is 0 Å². The standard InChI is InChI=1S/C14H16ClF2N/c1-10(2)14(9-18,6-3-7-15)11-4-5-12(16)13(17)8-11/h4-5,8,10H,3,6-7H2,1-2H3. The highest BCUT2D eigenvalue weighted by atomic mass is 35.5. The molecule has 4 heteroatoms. The Morgan fingerprint density at radius 3 is 2.44 bits per heavy atom. The maximum Gasteiger partial charge on any atom is 0.159 e. The molecule has 0 saturated heterocycles. The molecule has 1 atom stereocenters. The van der Waals surface area contributed by atoms with E-state index in [4.69, 9.17) is 11.6 Å². The van der Waals surface area contributed by atoms with E-state index < -0.39 is 17.0 Å². The molecule has 0 aromatic heterocycles. The van der Waals surface area contributed by atoms with Crippen LogP contribution in [-0.4, -0.2) is 5.88 Å². The van der Waals surface area contributed by atoms with Crippen molar-refractivity contribution in [1.82, 2.24) is 0 Å². The zero-order valence-corrected chi connectivity index (χ0v) is 11.3. The summed E-state index contributed by atoms with van der Waals surface area (Å²) in [6.45, 7) is 3.80. The summed E-state index contributed by atoms with van der Waals surface area (Å²) in [6.07, 6.45) is 1.20. The van der Waals surface area contributed by atoms with E-state index in [2.05, 4.69) is 6.07 Å². The van der Waals surface area contributed by atoms with Gasteiger partial charge in [-0.05, 0) is 36.5 Å². The Kier molecular flexibility index (Phi) is 5.10. The predicted molar refractivity (Wildman–Crippen MR) is 68.4 cm³/mol. The van der Waals surface area contributed by atoms with Crippen LogP contribution in [0.3, 0.4) is 0 Å². The van der Waals surface area contributed by atoms with Crippen LogP contribution in [-0.2, 0) is 5.41 Å². The van der Waals surface area contributed by atoms with Gasteiger partial charge in [0.05, 0.1) is 11.5 Å². The number of hydrogen-bond donors (Lipinski definition) is 0. The van der Waals surface area contributed by atoms with Gasteiger partial charge in [0.1, 0.15) is 0 Å². The molecule has 0 aliphatic heterocycles. The average Bonchev–Trinajstić information content (AvgIpc) is 2.34. The van der Waals surface area contributed by atoms with Gasteiger partial charge < -0.3 is 0 Å². The number of hydrogen-bond acceptors (Lipinski definition) is 1. The Morgan fingerprint density at radius 1 is 1.33 bits per heavy atom. The number of rotatable bonds is 5. The Hall–Kier alpha value is -1.14. The van der Waals surface area contributed by atoms with Crippen LogP contribution in [0.4, 0.5) is 8.78 Å². The second-order valence-electron chi connectivity index (χ2n) is 4.66. The summed E-state index contributed by atoms with van der Waals surface area (Å²) < 4.78 is 26.3. The zero-order valence-electron chi connectivity index (χ0n) is 10.5. The van der Waals surface area contributed by atoms with Crippen molar-refractivity contribution >= 4 is 11.6 Å². The van der Waals surface area contributed by atoms with Crippen LogP contribution in [0.2, 0.25) is 0 Å². The van der Waals surface area contributed by atoms with Gasteiger partial charge in [-0.2, -0.15) is 5.26 Å². The maximum absolute atomic E-state index is 13.3. The van der Waals surface area contributed by atoms with Gasteiger partial charge in [-0.3, -0.25) is 0 Å². The first kappa shape index (κ1) is 14.9. The minimum absolute atomic E-state index is 0.00409. The lowest BCUT2D eigenvalue weighted by Crippen LogP contribution is -2.31. The molecule has 0 saturated carbocycles. The molecule has 0 heterocycles. The average molecular weight is 272 g/mol. The summed E-state index contributed by atoms with van der Waals surface area (Å²) >= 11 is 5.67. The van der Waals surface area contributed by atoms with Crippen molar-refractivity contribution < 1.29 is 8.78 Å². The largest absolute Gasteiger partial charge is 0.204 e. The molecule has 1 rings (SSSR count). The van der Waals surface area contributed by atoms with Gasteiger partial charge in [-0.1, -0.05) is 19.9 Å². The van der Waals surface area contributed by atoms with Gasteiger partial charge in [0, 0.05) is 5.88 Å². The van der Waals surface area contributed by atoms with Crippen molar-refractivity contribution in [3.63, 3.8) is 0 Å². The minimum Gasteiger partial charge on any atom is -0.204 e. The molecule has 0 N–H and O–H groups in total. The molecular formula is C14H16ClF2N. The molecule has 0 aliphatic carbocycles. The second-order valence-corrected chi connectivity index (χ2v) is 5.04. The van der Waals surface area contributed by atoms with E-state index >= 15 is 0 Å². The fourth-order valence-electron chi connectivity index (χ4n) is 2.14. The first-order chi connectivity index (χ1) is 8.47. The molecule has 1 aromatic rings. The van der Waals surface area contributed by atoms with E-state index in [1.54, 1.807) is 0 Å². The van der Waals surface area contributed by atoms with Crippen LogP contribution in [0, 0.1) is 28.9 Å². The molecule has 1 nitrogen and oxygen atoms in total. The normalized spacial score (nSPS) is 14.3. The lowest BCUT2D eigenvalue weighted by Gasteiger charge is -2.31. The predicted octanol–water partition coefficient (Wildman–Crippen LogP) is 4.40. The quantitative estimate of drug-likeness (QED) is 0.728. The molecule has 98 valence electrons. The Labute approximate surface area is 111 Å². The van der Waals surface area contributed by atoms with Crippen LogP contribution in [0.15, 0.2) is 18.2 Å². The Morgan fingerprint density at radius 2 is 2.00 bits per heavy atom. The molecule has 0 bridgehead atoms. The second kappa shape index (κ2) is 6.15. The van der Waals surface area contributed by atoms with Crippen LogP contribution < -0.4 is 0 Å². The fraction of sp³-hybridized carbons (Fsp3) is 0.500. The third-order valence-corrected chi connectivity index (χ3v) is 3.59. The highest BCUT2D eigenvalue weighted by Gasteiger charge is 2.35. The first-order valence-corrected chi connectivity index (χ1v) is 6.44. The van der Waals surface area contributed by atoms with Crippen molar-refractivity contribution in [2.24, 2.45) is 5.92 Å². The van der Waals surface area contributed by atoms with Crippen LogP contribution >= 0.6 is 11.6 Å². The minimum atomic E-state index is -0.918. The molecule has 0 fully saturated rings. The fourth-order valence-corrected chi connectivity index (χ4v) is 2.27. The van der Waals surface area contributed by atoms with Gasteiger partial charge in [0.2, 0.25) is 0 Å². The van der Waals surface area contributed by atoms with E-state index in [9.17, 15) is 14.0 Å². The molecule has 18 heavy (non-hydrogen) atoms. The van der Waals surface area contributed by atoms with Crippen LogP contribution in [0.1, 0.15) is 32.3 Å². The summed E-state index contributed by atoms with van der Waals surface area (Å²) in [5, 5.41) is 9.48. The number of nitrogens with zero attached hydrogens (tertiary/aromatic N) is 1. The van der Waals surface area contributed by atoms with E-state index in [-0.39, 0.29) is 5.92 Å². The van der Waals surface area contributed by atoms with Crippen molar-refractivity contribution in [1.29, 1.82) is 5.26 Å². The molecular weight excluding hydrogens is 256 g/mol. The summed E-state index contributed by atoms with van der Waals surface area (Å²) in [5.74, 6) is -1.37. The lowest BCUT2D eigenvalue weighted by atomic mass is 9.70. The topological polar surface area (TPSA) is 23.8 Å². The highest BCUT2D eigenvalue weighted by Crippen LogP contribution is 2.37. The molecule has 0 aliphatic rings. The Balaban J connectivity index is 3.24. The maximum atomic E-state index is 13.3. The van der Waals surface area contributed by atoms with Crippen molar-refractivity contribution in [3.8, 4) is 6.07 Å². The SMILES string of the molecule is CC(C)C(C#N)(CCCCl)c1ccc(F)c(F)c1. The third-order valence-electron chi connectivity index (χ3n) is 3.32. The molecule has 0 amide bonds. The van der Waals surface area contributed by atoms with E-state index in [0.29, 0.717) is 24.3 Å². The molecule has 1 aromatic carbocycles. The van der Waals surface area contributed by atoms with Gasteiger partial charge in [0.15, 0.2) is 11.6 Å². The van der Waals surface area contributed by atoms with Gasteiger partial charge >= 0.3 is 0 Å². The number of alkyl halides is 1. The summed E-state index contributed by atoms with van der Waals surface area (Å²) in [6, 6.07) is 5.93. The number of benzene rings is 1. The van der Waals surface area contributed by atoms with Crippen LogP contribution in [0.5, 0.6) is 0 Å². The Bertz CT molecular complexity index is 454. The van der Waals surface area contributed by atoms with Crippen molar-refractivity contribution in [2.45, 2.75) is 32.1 Å². The highest BCUT2D eigenvalue weighted by molar-refractivity contribution is 6.17. The van der Waals surface area contributed by atoms with Gasteiger partial charge in [-0.25, -0.2) is 8.78 Å². The molecule has 0 spiro atoms. The smallest absolute Gasteiger partial charge is 0.159 e. The zero-order chi connectivity index (χ0) is 13.8. The number of halogens is 3. The van der Waals surface area contributed by atoms with E-state index in [1.807, 2.05) is 13.8 Å². The van der Waals surface area contributed by atoms with Crippen molar-refractivity contribution in [2.75, 3.05) is 5.88 Å². The summed E-state index contributed by atoms with van der Waals surface area (Å²) in [4.78, 5) is 0.